The number of nitrogens with zero attached hydrogens (tertiary/aromatic N) is 2. The molecule has 7 nitrogen and oxygen atoms in total. The largest absolute Gasteiger partial charge is 0.378 e. The zero-order chi connectivity index (χ0) is 20.4. The fourth-order valence-corrected chi connectivity index (χ4v) is 5.33. The number of fused-ring (bicyclic) bond motifs is 1. The topological polar surface area (TPSA) is 79.0 Å². The number of morpholine rings is 1. The minimum absolute atomic E-state index is 0.0198. The van der Waals surface area contributed by atoms with Crippen molar-refractivity contribution >= 4 is 39.1 Å². The first-order chi connectivity index (χ1) is 14.0. The van der Waals surface area contributed by atoms with Crippen LogP contribution in [0.25, 0.3) is 10.1 Å². The van der Waals surface area contributed by atoms with Crippen molar-refractivity contribution in [1.82, 2.24) is 15.1 Å². The van der Waals surface area contributed by atoms with Gasteiger partial charge in [0.05, 0.1) is 24.6 Å². The summed E-state index contributed by atoms with van der Waals surface area (Å²) in [6.07, 6.45) is 0.815. The third-order valence-corrected chi connectivity index (χ3v) is 6.74. The van der Waals surface area contributed by atoms with Crippen LogP contribution in [0.5, 0.6) is 0 Å². The predicted octanol–water partition coefficient (Wildman–Crippen LogP) is 1.83. The molecule has 0 spiro atoms. The van der Waals surface area contributed by atoms with Crippen LogP contribution in [0, 0.1) is 0 Å². The summed E-state index contributed by atoms with van der Waals surface area (Å²) < 4.78 is 6.49. The maximum absolute atomic E-state index is 13.3. The van der Waals surface area contributed by atoms with Crippen molar-refractivity contribution in [3.8, 4) is 0 Å². The Morgan fingerprint density at radius 3 is 2.66 bits per heavy atom. The van der Waals surface area contributed by atoms with Crippen molar-refractivity contribution in [3.63, 3.8) is 0 Å². The van der Waals surface area contributed by atoms with Crippen molar-refractivity contribution < 1.29 is 19.1 Å². The molecule has 1 N–H and O–H groups in total. The molecule has 3 heterocycles. The molecule has 2 aromatic rings. The SMILES string of the molecule is CC(=O)NCC(=O)N1CC[C@@H](c2c(C(=O)N3CCOCC3)sc3ccccc23)C1. The molecule has 4 rings (SSSR count). The summed E-state index contributed by atoms with van der Waals surface area (Å²) in [5.74, 6) is -0.112. The molecular weight excluding hydrogens is 390 g/mol. The number of nitrogens with one attached hydrogen (secondary N) is 1. The van der Waals surface area contributed by atoms with Crippen LogP contribution in [0.1, 0.15) is 34.5 Å². The Labute approximate surface area is 173 Å². The highest BCUT2D eigenvalue weighted by Crippen LogP contribution is 2.40. The summed E-state index contributed by atoms with van der Waals surface area (Å²) in [7, 11) is 0. The Bertz CT molecular complexity index is 935. The molecule has 0 saturated carbocycles. The van der Waals surface area contributed by atoms with E-state index in [2.05, 4.69) is 11.4 Å². The van der Waals surface area contributed by atoms with Gasteiger partial charge in [0.1, 0.15) is 0 Å². The number of amides is 3. The van der Waals surface area contributed by atoms with Crippen LogP contribution in [-0.4, -0.2) is 73.5 Å². The number of carbonyl (C=O) groups excluding carboxylic acids is 3. The van der Waals surface area contributed by atoms with E-state index in [-0.39, 0.29) is 30.2 Å². The summed E-state index contributed by atoms with van der Waals surface area (Å²) >= 11 is 1.54. The summed E-state index contributed by atoms with van der Waals surface area (Å²) in [5, 5.41) is 3.68. The second-order valence-electron chi connectivity index (χ2n) is 7.48. The zero-order valence-corrected chi connectivity index (χ0v) is 17.3. The van der Waals surface area contributed by atoms with Crippen LogP contribution in [0.3, 0.4) is 0 Å². The first kappa shape index (κ1) is 19.8. The van der Waals surface area contributed by atoms with Gasteiger partial charge < -0.3 is 19.9 Å². The maximum Gasteiger partial charge on any atom is 0.264 e. The molecular formula is C21H25N3O4S. The Balaban J connectivity index is 1.60. The molecule has 0 bridgehead atoms. The van der Waals surface area contributed by atoms with E-state index in [9.17, 15) is 14.4 Å². The van der Waals surface area contributed by atoms with Crippen LogP contribution in [0.2, 0.25) is 0 Å². The van der Waals surface area contributed by atoms with Gasteiger partial charge in [0.2, 0.25) is 11.8 Å². The number of hydrogen-bond acceptors (Lipinski definition) is 5. The second kappa shape index (κ2) is 8.51. The van der Waals surface area contributed by atoms with Crippen LogP contribution in [0.4, 0.5) is 0 Å². The molecule has 2 aliphatic heterocycles. The highest BCUT2D eigenvalue weighted by molar-refractivity contribution is 7.21. The summed E-state index contributed by atoms with van der Waals surface area (Å²) in [6, 6.07) is 8.10. The fraction of sp³-hybridized carbons (Fsp3) is 0.476. The average Bonchev–Trinajstić information content (AvgIpc) is 3.36. The van der Waals surface area contributed by atoms with Crippen molar-refractivity contribution in [1.29, 1.82) is 0 Å². The molecule has 2 saturated heterocycles. The van der Waals surface area contributed by atoms with Crippen molar-refractivity contribution in [3.05, 3.63) is 34.7 Å². The molecule has 1 aromatic carbocycles. The van der Waals surface area contributed by atoms with Gasteiger partial charge in [0, 0.05) is 43.7 Å². The van der Waals surface area contributed by atoms with E-state index in [1.807, 2.05) is 23.1 Å². The number of rotatable bonds is 4. The van der Waals surface area contributed by atoms with Gasteiger partial charge in [0.25, 0.3) is 5.91 Å². The Morgan fingerprint density at radius 2 is 1.90 bits per heavy atom. The van der Waals surface area contributed by atoms with Gasteiger partial charge >= 0.3 is 0 Å². The number of likely N-dealkylation sites (tertiary alicyclic amines) is 1. The van der Waals surface area contributed by atoms with Gasteiger partial charge in [-0.1, -0.05) is 18.2 Å². The van der Waals surface area contributed by atoms with Crippen LogP contribution in [0.15, 0.2) is 24.3 Å². The lowest BCUT2D eigenvalue weighted by Crippen LogP contribution is -2.40. The normalized spacial score (nSPS) is 19.6. The fourth-order valence-electron chi connectivity index (χ4n) is 4.07. The molecule has 2 aliphatic rings. The minimum atomic E-state index is -0.212. The minimum Gasteiger partial charge on any atom is -0.378 e. The predicted molar refractivity (Wildman–Crippen MR) is 111 cm³/mol. The van der Waals surface area contributed by atoms with E-state index >= 15 is 0 Å². The average molecular weight is 416 g/mol. The van der Waals surface area contributed by atoms with E-state index in [0.717, 1.165) is 26.9 Å². The number of carbonyl (C=O) groups is 3. The highest BCUT2D eigenvalue weighted by atomic mass is 32.1. The smallest absolute Gasteiger partial charge is 0.264 e. The van der Waals surface area contributed by atoms with E-state index in [0.29, 0.717) is 39.4 Å². The van der Waals surface area contributed by atoms with Crippen LogP contribution < -0.4 is 5.32 Å². The van der Waals surface area contributed by atoms with Crippen molar-refractivity contribution in [2.75, 3.05) is 45.9 Å². The maximum atomic E-state index is 13.3. The van der Waals surface area contributed by atoms with Gasteiger partial charge in [-0.25, -0.2) is 0 Å². The molecule has 0 unspecified atom stereocenters. The van der Waals surface area contributed by atoms with Gasteiger partial charge in [-0.3, -0.25) is 14.4 Å². The number of benzene rings is 1. The standard InChI is InChI=1S/C21H25N3O4S/c1-14(25)22-12-18(26)24-7-6-15(13-24)19-16-4-2-3-5-17(16)29-20(19)21(27)23-8-10-28-11-9-23/h2-5,15H,6-13H2,1H3,(H,22,25)/t15-/m1/s1. The third kappa shape index (κ3) is 4.13. The third-order valence-electron chi connectivity index (χ3n) is 5.56. The molecule has 2 fully saturated rings. The van der Waals surface area contributed by atoms with Gasteiger partial charge in [0.15, 0.2) is 0 Å². The summed E-state index contributed by atoms with van der Waals surface area (Å²) in [6.45, 7) is 4.99. The summed E-state index contributed by atoms with van der Waals surface area (Å²) in [5.41, 5.74) is 1.07. The zero-order valence-electron chi connectivity index (χ0n) is 16.5. The lowest BCUT2D eigenvalue weighted by Gasteiger charge is -2.27. The lowest BCUT2D eigenvalue weighted by atomic mass is 9.94. The number of hydrogen-bond donors (Lipinski definition) is 1. The van der Waals surface area contributed by atoms with Crippen LogP contribution >= 0.6 is 11.3 Å². The Kier molecular flexibility index (Phi) is 5.82. The molecule has 0 aliphatic carbocycles. The van der Waals surface area contributed by atoms with Crippen molar-refractivity contribution in [2.45, 2.75) is 19.3 Å². The second-order valence-corrected chi connectivity index (χ2v) is 8.53. The number of thiophene rings is 1. The molecule has 29 heavy (non-hydrogen) atoms. The highest BCUT2D eigenvalue weighted by Gasteiger charge is 2.33. The lowest BCUT2D eigenvalue weighted by molar-refractivity contribution is -0.131. The quantitative estimate of drug-likeness (QED) is 0.826. The number of ether oxygens (including phenoxy) is 1. The first-order valence-electron chi connectivity index (χ1n) is 9.95. The van der Waals surface area contributed by atoms with Gasteiger partial charge in [-0.2, -0.15) is 0 Å². The molecule has 0 radical (unpaired) electrons. The molecule has 1 aromatic heterocycles. The van der Waals surface area contributed by atoms with Gasteiger partial charge in [-0.05, 0) is 23.4 Å². The van der Waals surface area contributed by atoms with E-state index < -0.39 is 0 Å². The van der Waals surface area contributed by atoms with Crippen molar-refractivity contribution in [2.24, 2.45) is 0 Å². The van der Waals surface area contributed by atoms with E-state index in [1.54, 1.807) is 16.2 Å². The summed E-state index contributed by atoms with van der Waals surface area (Å²) in [4.78, 5) is 41.3. The molecule has 154 valence electrons. The van der Waals surface area contributed by atoms with Gasteiger partial charge in [-0.15, -0.1) is 11.3 Å². The molecule has 3 amide bonds. The Morgan fingerprint density at radius 1 is 1.14 bits per heavy atom. The monoisotopic (exact) mass is 415 g/mol. The van der Waals surface area contributed by atoms with E-state index in [1.165, 1.54) is 6.92 Å². The molecule has 1 atom stereocenters. The first-order valence-corrected chi connectivity index (χ1v) is 10.8. The Hall–Kier alpha value is -2.45. The van der Waals surface area contributed by atoms with Crippen LogP contribution in [-0.2, 0) is 14.3 Å². The van der Waals surface area contributed by atoms with E-state index in [4.69, 9.17) is 4.74 Å². The molecule has 8 heteroatoms.